The van der Waals surface area contributed by atoms with Gasteiger partial charge in [0.15, 0.2) is 5.69 Å². The first kappa shape index (κ1) is 25.4. The van der Waals surface area contributed by atoms with E-state index in [4.69, 9.17) is 0 Å². The van der Waals surface area contributed by atoms with E-state index in [-0.39, 0.29) is 17.5 Å². The zero-order valence-corrected chi connectivity index (χ0v) is 21.8. The number of imide groups is 1. The van der Waals surface area contributed by atoms with Crippen molar-refractivity contribution in [1.29, 1.82) is 0 Å². The van der Waals surface area contributed by atoms with E-state index in [0.29, 0.717) is 43.9 Å². The molecule has 2 aliphatic rings. The Hall–Kier alpha value is -4.90. The first-order valence-electron chi connectivity index (χ1n) is 13.0. The molecule has 0 saturated carbocycles. The number of rotatable bonds is 6. The van der Waals surface area contributed by atoms with Crippen molar-refractivity contribution in [3.63, 3.8) is 0 Å². The molecule has 202 valence electrons. The van der Waals surface area contributed by atoms with Crippen molar-refractivity contribution < 1.29 is 19.5 Å². The van der Waals surface area contributed by atoms with Crippen LogP contribution < -0.4 is 9.80 Å². The average Bonchev–Trinajstić information content (AvgIpc) is 3.44. The number of piperidine rings is 1. The number of carbonyl (C=O) groups excluding carboxylic acids is 2. The smallest absolute Gasteiger partial charge is 0.354 e. The van der Waals surface area contributed by atoms with Gasteiger partial charge in [-0.05, 0) is 42.2 Å². The molecule has 11 heteroatoms. The molecular formula is C29H27N7O4. The van der Waals surface area contributed by atoms with Crippen LogP contribution in [0.25, 0.3) is 11.1 Å². The molecule has 0 radical (unpaired) electrons. The van der Waals surface area contributed by atoms with Gasteiger partial charge in [-0.15, -0.1) is 0 Å². The summed E-state index contributed by atoms with van der Waals surface area (Å²) < 4.78 is 1.48. The molecule has 6 rings (SSSR count). The van der Waals surface area contributed by atoms with Crippen LogP contribution in [0.4, 0.5) is 16.4 Å². The second-order valence-corrected chi connectivity index (χ2v) is 9.98. The van der Waals surface area contributed by atoms with Gasteiger partial charge in [-0.1, -0.05) is 42.5 Å². The summed E-state index contributed by atoms with van der Waals surface area (Å²) in [4.78, 5) is 57.4. The summed E-state index contributed by atoms with van der Waals surface area (Å²) >= 11 is 0. The van der Waals surface area contributed by atoms with Crippen LogP contribution in [0.5, 0.6) is 0 Å². The Kier molecular flexibility index (Phi) is 6.35. The third-order valence-corrected chi connectivity index (χ3v) is 7.67. The quantitative estimate of drug-likeness (QED) is 0.370. The fourth-order valence-electron chi connectivity index (χ4n) is 5.62. The van der Waals surface area contributed by atoms with Gasteiger partial charge < -0.3 is 9.67 Å². The molecule has 2 saturated heterocycles. The number of aromatic carboxylic acids is 1. The normalized spacial score (nSPS) is 17.1. The number of nitrogens with zero attached hydrogens (tertiary/aromatic N) is 7. The number of urea groups is 1. The second-order valence-electron chi connectivity index (χ2n) is 9.98. The van der Waals surface area contributed by atoms with E-state index in [2.05, 4.69) is 19.9 Å². The van der Waals surface area contributed by atoms with E-state index in [9.17, 15) is 19.5 Å². The lowest BCUT2D eigenvalue weighted by molar-refractivity contribution is -0.123. The molecule has 3 amide bonds. The molecule has 4 aromatic rings. The predicted molar refractivity (Wildman–Crippen MR) is 147 cm³/mol. The van der Waals surface area contributed by atoms with Crippen LogP contribution in [0.1, 0.15) is 29.0 Å². The number of anilines is 2. The first-order chi connectivity index (χ1) is 19.4. The monoisotopic (exact) mass is 537 g/mol. The highest BCUT2D eigenvalue weighted by atomic mass is 16.4. The van der Waals surface area contributed by atoms with Crippen LogP contribution in [0.15, 0.2) is 79.4 Å². The number of hydrogen-bond donors (Lipinski definition) is 1. The number of carbonyl (C=O) groups is 3. The van der Waals surface area contributed by atoms with Gasteiger partial charge in [0.2, 0.25) is 5.95 Å². The Labute approximate surface area is 230 Å². The minimum atomic E-state index is -1.16. The number of benzene rings is 2. The molecule has 0 bridgehead atoms. The fourth-order valence-corrected chi connectivity index (χ4v) is 5.62. The Morgan fingerprint density at radius 2 is 1.55 bits per heavy atom. The summed E-state index contributed by atoms with van der Waals surface area (Å²) in [6.45, 7) is 1.24. The number of carboxylic acid groups (broad SMARTS) is 1. The number of aryl methyl sites for hydroxylation is 1. The van der Waals surface area contributed by atoms with Gasteiger partial charge in [-0.25, -0.2) is 34.3 Å². The number of likely N-dealkylation sites (tertiary alicyclic amines) is 1. The number of imidazole rings is 1. The van der Waals surface area contributed by atoms with E-state index in [0.717, 1.165) is 11.1 Å². The number of hydrogen-bond acceptors (Lipinski definition) is 7. The van der Waals surface area contributed by atoms with E-state index < -0.39 is 17.5 Å². The minimum absolute atomic E-state index is 0.136. The topological polar surface area (TPSA) is 125 Å². The lowest BCUT2D eigenvalue weighted by atomic mass is 9.85. The molecule has 2 fully saturated rings. The molecule has 0 atom stereocenters. The Morgan fingerprint density at radius 1 is 0.900 bits per heavy atom. The minimum Gasteiger partial charge on any atom is -0.477 e. The maximum Gasteiger partial charge on any atom is 0.354 e. The fraction of sp³-hybridized carbons (Fsp3) is 0.241. The summed E-state index contributed by atoms with van der Waals surface area (Å²) in [5.74, 6) is -1.18. The van der Waals surface area contributed by atoms with Crippen LogP contribution in [0.3, 0.4) is 0 Å². The predicted octanol–water partition coefficient (Wildman–Crippen LogP) is 3.58. The maximum absolute atomic E-state index is 14.1. The summed E-state index contributed by atoms with van der Waals surface area (Å²) in [7, 11) is 1.65. The largest absolute Gasteiger partial charge is 0.477 e. The van der Waals surface area contributed by atoms with Gasteiger partial charge in [0, 0.05) is 39.1 Å². The molecule has 11 nitrogen and oxygen atoms in total. The second kappa shape index (κ2) is 10.0. The number of amides is 3. The average molecular weight is 538 g/mol. The lowest BCUT2D eigenvalue weighted by Gasteiger charge is -2.41. The zero-order chi connectivity index (χ0) is 27.9. The van der Waals surface area contributed by atoms with E-state index in [1.165, 1.54) is 20.7 Å². The SMILES string of the molecule is Cn1cnc(CN2CCC3(CC2)C(=O)N(c2ccc(-c4ccccc4)cc2)C(=O)N3c2ncccn2)c1C(=O)O. The molecular weight excluding hydrogens is 510 g/mol. The highest BCUT2D eigenvalue weighted by Gasteiger charge is 2.60. The third-order valence-electron chi connectivity index (χ3n) is 7.67. The Balaban J connectivity index is 1.29. The molecule has 4 heterocycles. The lowest BCUT2D eigenvalue weighted by Crippen LogP contribution is -2.57. The van der Waals surface area contributed by atoms with Crippen LogP contribution in [0.2, 0.25) is 0 Å². The standard InChI is InChI=1S/C29H27N7O4/c1-33-19-32-23(24(33)25(37)38)18-34-16-12-29(13-17-34)26(39)35(28(40)36(29)27-30-14-5-15-31-27)22-10-8-21(9-11-22)20-6-3-2-4-7-20/h2-11,14-15,19H,12-13,16-18H2,1H3,(H,37,38). The third kappa shape index (κ3) is 4.20. The van der Waals surface area contributed by atoms with Crippen molar-refractivity contribution in [2.24, 2.45) is 7.05 Å². The highest BCUT2D eigenvalue weighted by molar-refractivity contribution is 6.30. The van der Waals surface area contributed by atoms with Gasteiger partial charge in [0.1, 0.15) is 5.54 Å². The van der Waals surface area contributed by atoms with Crippen LogP contribution >= 0.6 is 0 Å². The number of aromatic nitrogens is 4. The van der Waals surface area contributed by atoms with Crippen LogP contribution in [0, 0.1) is 0 Å². The Bertz CT molecular complexity index is 1560. The van der Waals surface area contributed by atoms with Crippen molar-refractivity contribution in [1.82, 2.24) is 24.4 Å². The zero-order valence-electron chi connectivity index (χ0n) is 21.8. The van der Waals surface area contributed by atoms with Gasteiger partial charge in [0.05, 0.1) is 17.7 Å². The van der Waals surface area contributed by atoms with Crippen molar-refractivity contribution in [2.45, 2.75) is 24.9 Å². The maximum atomic E-state index is 14.1. The van der Waals surface area contributed by atoms with Crippen molar-refractivity contribution >= 4 is 29.5 Å². The molecule has 40 heavy (non-hydrogen) atoms. The van der Waals surface area contributed by atoms with Crippen LogP contribution in [-0.2, 0) is 18.4 Å². The first-order valence-corrected chi connectivity index (χ1v) is 13.0. The molecule has 2 aliphatic heterocycles. The van der Waals surface area contributed by atoms with Gasteiger partial charge in [-0.2, -0.15) is 0 Å². The summed E-state index contributed by atoms with van der Waals surface area (Å²) in [6, 6.07) is 18.4. The Morgan fingerprint density at radius 3 is 2.20 bits per heavy atom. The van der Waals surface area contributed by atoms with Crippen molar-refractivity contribution in [3.05, 3.63) is 90.8 Å². The molecule has 2 aromatic carbocycles. The van der Waals surface area contributed by atoms with Gasteiger partial charge in [-0.3, -0.25) is 9.69 Å². The van der Waals surface area contributed by atoms with Gasteiger partial charge in [0.25, 0.3) is 5.91 Å². The van der Waals surface area contributed by atoms with Crippen molar-refractivity contribution in [2.75, 3.05) is 22.9 Å². The summed E-state index contributed by atoms with van der Waals surface area (Å²) in [5, 5.41) is 9.59. The summed E-state index contributed by atoms with van der Waals surface area (Å²) in [6.07, 6.45) is 5.26. The van der Waals surface area contributed by atoms with Crippen molar-refractivity contribution in [3.8, 4) is 11.1 Å². The summed E-state index contributed by atoms with van der Waals surface area (Å²) in [5.41, 5.74) is 1.93. The molecule has 1 spiro atoms. The van der Waals surface area contributed by atoms with E-state index in [1.807, 2.05) is 42.5 Å². The molecule has 1 N–H and O–H groups in total. The van der Waals surface area contributed by atoms with E-state index >= 15 is 0 Å². The highest BCUT2D eigenvalue weighted by Crippen LogP contribution is 2.41. The van der Waals surface area contributed by atoms with E-state index in [1.54, 1.807) is 37.6 Å². The van der Waals surface area contributed by atoms with Gasteiger partial charge >= 0.3 is 12.0 Å². The molecule has 0 aliphatic carbocycles. The molecule has 2 aromatic heterocycles. The molecule has 0 unspecified atom stereocenters. The number of carboxylic acids is 1. The van der Waals surface area contributed by atoms with Crippen LogP contribution in [-0.4, -0.2) is 66.1 Å².